The highest BCUT2D eigenvalue weighted by atomic mass is 15.6. The predicted molar refractivity (Wildman–Crippen MR) is 74.6 cm³/mol. The second kappa shape index (κ2) is 6.35. The van der Waals surface area contributed by atoms with Crippen LogP contribution in [0.5, 0.6) is 0 Å². The van der Waals surface area contributed by atoms with Gasteiger partial charge < -0.3 is 5.32 Å². The number of nitrogens with zero attached hydrogens (tertiary/aromatic N) is 4. The summed E-state index contributed by atoms with van der Waals surface area (Å²) in [6, 6.07) is 0. The summed E-state index contributed by atoms with van der Waals surface area (Å²) >= 11 is 0. The molecule has 0 radical (unpaired) electrons. The molecule has 0 saturated heterocycles. The van der Waals surface area contributed by atoms with E-state index in [0.717, 1.165) is 0 Å². The first-order valence-electron chi connectivity index (χ1n) is 5.78. The van der Waals surface area contributed by atoms with Crippen LogP contribution in [0.1, 0.15) is 0 Å². The quantitative estimate of drug-likeness (QED) is 0.632. The average Bonchev–Trinajstić information content (AvgIpc) is 2.14. The Morgan fingerprint density at radius 2 is 1.24 bits per heavy atom. The molecule has 0 aliphatic rings. The van der Waals surface area contributed by atoms with E-state index in [-0.39, 0.29) is 12.0 Å². The van der Waals surface area contributed by atoms with Gasteiger partial charge in [-0.15, -0.1) is 0 Å². The second-order valence-corrected chi connectivity index (χ2v) is 5.16. The lowest BCUT2D eigenvalue weighted by Crippen LogP contribution is -2.75. The fourth-order valence-electron chi connectivity index (χ4n) is 2.53. The highest BCUT2D eigenvalue weighted by molar-refractivity contribution is 4.96. The van der Waals surface area contributed by atoms with Crippen molar-refractivity contribution in [2.75, 3.05) is 56.4 Å². The van der Waals surface area contributed by atoms with E-state index >= 15 is 0 Å². The van der Waals surface area contributed by atoms with Gasteiger partial charge in [0.2, 0.25) is 0 Å². The highest BCUT2D eigenvalue weighted by Gasteiger charge is 2.45. The van der Waals surface area contributed by atoms with Crippen LogP contribution in [0.2, 0.25) is 0 Å². The van der Waals surface area contributed by atoms with Crippen LogP contribution in [0, 0.1) is 0 Å². The Morgan fingerprint density at radius 3 is 1.41 bits per heavy atom. The van der Waals surface area contributed by atoms with E-state index in [0.29, 0.717) is 0 Å². The van der Waals surface area contributed by atoms with Crippen LogP contribution >= 0.6 is 0 Å². The van der Waals surface area contributed by atoms with Crippen molar-refractivity contribution in [3.8, 4) is 0 Å². The largest absolute Gasteiger partial charge is 0.359 e. The van der Waals surface area contributed by atoms with E-state index in [1.54, 1.807) is 6.20 Å². The second-order valence-electron chi connectivity index (χ2n) is 5.16. The van der Waals surface area contributed by atoms with E-state index in [1.165, 1.54) is 0 Å². The monoisotopic (exact) mass is 243 g/mol. The molecule has 0 unspecified atom stereocenters. The van der Waals surface area contributed by atoms with Gasteiger partial charge in [0.1, 0.15) is 6.17 Å². The zero-order valence-corrected chi connectivity index (χ0v) is 12.7. The van der Waals surface area contributed by atoms with Crippen molar-refractivity contribution in [3.63, 3.8) is 0 Å². The van der Waals surface area contributed by atoms with Gasteiger partial charge in [-0.2, -0.15) is 0 Å². The molecular formula is C12H29N5. The van der Waals surface area contributed by atoms with E-state index in [2.05, 4.69) is 87.9 Å². The molecule has 0 aliphatic carbocycles. The van der Waals surface area contributed by atoms with Crippen LogP contribution in [0.15, 0.2) is 12.8 Å². The number of hydrogen-bond acceptors (Lipinski definition) is 5. The molecule has 0 heterocycles. The third-order valence-electron chi connectivity index (χ3n) is 3.02. The van der Waals surface area contributed by atoms with Crippen LogP contribution in [0.25, 0.3) is 0 Å². The van der Waals surface area contributed by atoms with E-state index in [4.69, 9.17) is 0 Å². The van der Waals surface area contributed by atoms with Crippen LogP contribution in [0.4, 0.5) is 0 Å². The molecule has 1 N–H and O–H groups in total. The Kier molecular flexibility index (Phi) is 6.12. The van der Waals surface area contributed by atoms with E-state index < -0.39 is 0 Å². The van der Waals surface area contributed by atoms with Crippen LogP contribution in [0.3, 0.4) is 0 Å². The Hall–Kier alpha value is -0.620. The summed E-state index contributed by atoms with van der Waals surface area (Å²) in [6.45, 7) is 3.81. The van der Waals surface area contributed by atoms with Crippen molar-refractivity contribution in [3.05, 3.63) is 12.8 Å². The van der Waals surface area contributed by atoms with Gasteiger partial charge in [-0.1, -0.05) is 6.58 Å². The molecule has 0 rings (SSSR count). The van der Waals surface area contributed by atoms with E-state index in [1.807, 2.05) is 0 Å². The van der Waals surface area contributed by atoms with Gasteiger partial charge in [0.05, 0.1) is 0 Å². The molecule has 0 atom stereocenters. The average molecular weight is 243 g/mol. The zero-order chi connectivity index (χ0) is 13.8. The molecule has 0 aliphatic heterocycles. The summed E-state index contributed by atoms with van der Waals surface area (Å²) in [7, 11) is 16.6. The Bertz CT molecular complexity index is 219. The predicted octanol–water partition coefficient (Wildman–Crippen LogP) is -0.0542. The summed E-state index contributed by atoms with van der Waals surface area (Å²) in [6.07, 6.45) is 1.92. The molecule has 0 aromatic heterocycles. The van der Waals surface area contributed by atoms with Gasteiger partial charge in [-0.05, 0) is 62.6 Å². The number of likely N-dealkylation sites (N-methyl/N-ethyl adjacent to an activating group) is 4. The van der Waals surface area contributed by atoms with Crippen LogP contribution < -0.4 is 5.32 Å². The highest BCUT2D eigenvalue weighted by Crippen LogP contribution is 2.22. The normalized spacial score (nSPS) is 13.2. The molecule has 17 heavy (non-hydrogen) atoms. The maximum absolute atomic E-state index is 3.81. The van der Waals surface area contributed by atoms with Crippen molar-refractivity contribution >= 4 is 0 Å². The number of hydrogen-bond donors (Lipinski definition) is 1. The minimum Gasteiger partial charge on any atom is -0.359 e. The summed E-state index contributed by atoms with van der Waals surface area (Å²) in [5, 5.41) is 3.39. The first-order chi connectivity index (χ1) is 7.71. The first kappa shape index (κ1) is 16.4. The topological polar surface area (TPSA) is 25.0 Å². The Labute approximate surface area is 107 Å². The molecule has 0 bridgehead atoms. The molecular weight excluding hydrogens is 214 g/mol. The molecule has 0 spiro atoms. The SMILES string of the molecule is C=CNC(C(N(C)C)N(C)C)(N(C)C)N(C)C. The fraction of sp³-hybridized carbons (Fsp3) is 0.833. The number of nitrogens with one attached hydrogen (secondary N) is 1. The third-order valence-corrected chi connectivity index (χ3v) is 3.02. The lowest BCUT2D eigenvalue weighted by Gasteiger charge is -2.54. The van der Waals surface area contributed by atoms with Gasteiger partial charge in [0.15, 0.2) is 5.79 Å². The summed E-state index contributed by atoms with van der Waals surface area (Å²) in [5.74, 6) is -0.339. The third kappa shape index (κ3) is 3.19. The van der Waals surface area contributed by atoms with Crippen molar-refractivity contribution in [2.24, 2.45) is 0 Å². The fourth-order valence-corrected chi connectivity index (χ4v) is 2.53. The smallest absolute Gasteiger partial charge is 0.177 e. The molecule has 0 amide bonds. The van der Waals surface area contributed by atoms with Gasteiger partial charge in [-0.3, -0.25) is 19.6 Å². The summed E-state index contributed by atoms with van der Waals surface area (Å²) in [5.41, 5.74) is 0. The Balaban J connectivity index is 5.59. The summed E-state index contributed by atoms with van der Waals surface area (Å²) in [4.78, 5) is 8.71. The van der Waals surface area contributed by atoms with Gasteiger partial charge >= 0.3 is 0 Å². The zero-order valence-electron chi connectivity index (χ0n) is 12.7. The molecule has 0 aromatic carbocycles. The molecule has 102 valence electrons. The molecule has 0 saturated carbocycles. The van der Waals surface area contributed by atoms with Crippen molar-refractivity contribution in [1.29, 1.82) is 0 Å². The lowest BCUT2D eigenvalue weighted by atomic mass is 10.1. The van der Waals surface area contributed by atoms with Crippen LogP contribution in [-0.4, -0.2) is 87.9 Å². The van der Waals surface area contributed by atoms with E-state index in [9.17, 15) is 0 Å². The standard InChI is InChI=1S/C12H29N5/c1-10-13-12(16(6)7,17(8)9)11(14(2)3)15(4)5/h10-11,13H,1H2,2-9H3. The van der Waals surface area contributed by atoms with Crippen molar-refractivity contribution < 1.29 is 0 Å². The lowest BCUT2D eigenvalue weighted by molar-refractivity contribution is -0.123. The van der Waals surface area contributed by atoms with Gasteiger partial charge in [0.25, 0.3) is 0 Å². The summed E-state index contributed by atoms with van der Waals surface area (Å²) < 4.78 is 0. The van der Waals surface area contributed by atoms with Crippen LogP contribution in [-0.2, 0) is 0 Å². The molecule has 5 heteroatoms. The molecule has 5 nitrogen and oxygen atoms in total. The Morgan fingerprint density at radius 1 is 0.882 bits per heavy atom. The minimum absolute atomic E-state index is 0.172. The van der Waals surface area contributed by atoms with Crippen molar-refractivity contribution in [2.45, 2.75) is 12.0 Å². The first-order valence-corrected chi connectivity index (χ1v) is 5.78. The maximum atomic E-state index is 3.81. The minimum atomic E-state index is -0.339. The van der Waals surface area contributed by atoms with Gasteiger partial charge in [0, 0.05) is 0 Å². The molecule has 0 aromatic rings. The number of rotatable bonds is 7. The van der Waals surface area contributed by atoms with Gasteiger partial charge in [-0.25, -0.2) is 0 Å². The maximum Gasteiger partial charge on any atom is 0.177 e. The van der Waals surface area contributed by atoms with Crippen molar-refractivity contribution in [1.82, 2.24) is 24.9 Å². The molecule has 0 fully saturated rings.